The molecule has 2 aromatic rings. The van der Waals surface area contributed by atoms with Gasteiger partial charge >= 0.3 is 0 Å². The van der Waals surface area contributed by atoms with Gasteiger partial charge in [-0.25, -0.2) is 0 Å². The van der Waals surface area contributed by atoms with Gasteiger partial charge in [-0.15, -0.1) is 0 Å². The largest absolute Gasteiger partial charge is 0.507 e. The molecule has 0 atom stereocenters. The average Bonchev–Trinajstić information content (AvgIpc) is 2.46. The van der Waals surface area contributed by atoms with Gasteiger partial charge in [0.25, 0.3) is 5.91 Å². The van der Waals surface area contributed by atoms with Crippen molar-refractivity contribution in [2.24, 2.45) is 0 Å². The molecule has 0 bridgehead atoms. The van der Waals surface area contributed by atoms with E-state index in [0.717, 1.165) is 10.8 Å². The van der Waals surface area contributed by atoms with Crippen LogP contribution in [0.3, 0.4) is 0 Å². The Labute approximate surface area is 117 Å². The molecule has 2 N–H and O–H groups in total. The smallest absolute Gasteiger partial charge is 0.257 e. The number of phenols is 1. The summed E-state index contributed by atoms with van der Waals surface area (Å²) >= 11 is 0. The van der Waals surface area contributed by atoms with E-state index in [4.69, 9.17) is 0 Å². The second kappa shape index (κ2) is 5.13. The van der Waals surface area contributed by atoms with Crippen molar-refractivity contribution < 1.29 is 15.0 Å². The lowest BCUT2D eigenvalue weighted by molar-refractivity contribution is 0.0544. The molecule has 20 heavy (non-hydrogen) atoms. The van der Waals surface area contributed by atoms with E-state index in [1.54, 1.807) is 17.0 Å². The molecule has 3 rings (SSSR count). The first-order valence-corrected chi connectivity index (χ1v) is 6.84. The second-order valence-electron chi connectivity index (χ2n) is 5.24. The van der Waals surface area contributed by atoms with Crippen LogP contribution in [0.2, 0.25) is 0 Å². The number of aliphatic hydroxyl groups excluding tert-OH is 1. The monoisotopic (exact) mass is 271 g/mol. The third-order valence-corrected chi connectivity index (χ3v) is 3.85. The van der Waals surface area contributed by atoms with Crippen LogP contribution in [0.4, 0.5) is 0 Å². The van der Waals surface area contributed by atoms with Gasteiger partial charge in [0.05, 0.1) is 11.7 Å². The summed E-state index contributed by atoms with van der Waals surface area (Å²) in [5.41, 5.74) is 0.333. The Kier molecular flexibility index (Phi) is 3.32. The van der Waals surface area contributed by atoms with Gasteiger partial charge in [-0.2, -0.15) is 0 Å². The summed E-state index contributed by atoms with van der Waals surface area (Å²) in [4.78, 5) is 14.1. The summed E-state index contributed by atoms with van der Waals surface area (Å²) in [5.74, 6) is -0.153. The predicted molar refractivity (Wildman–Crippen MR) is 76.8 cm³/mol. The fourth-order valence-corrected chi connectivity index (χ4v) is 2.64. The van der Waals surface area contributed by atoms with E-state index in [9.17, 15) is 15.0 Å². The first-order chi connectivity index (χ1) is 9.65. The van der Waals surface area contributed by atoms with E-state index in [1.807, 2.05) is 24.3 Å². The number of fused-ring (bicyclic) bond motifs is 1. The zero-order valence-electron chi connectivity index (χ0n) is 11.1. The molecule has 1 aliphatic heterocycles. The third kappa shape index (κ3) is 2.34. The van der Waals surface area contributed by atoms with Crippen molar-refractivity contribution in [2.75, 3.05) is 13.1 Å². The Balaban J connectivity index is 1.93. The SMILES string of the molecule is O=C(c1cc2ccccc2cc1O)N1CCC(O)CC1. The molecule has 1 fully saturated rings. The van der Waals surface area contributed by atoms with Crippen LogP contribution < -0.4 is 0 Å². The molecule has 0 radical (unpaired) electrons. The van der Waals surface area contributed by atoms with Crippen molar-refractivity contribution in [1.29, 1.82) is 0 Å². The van der Waals surface area contributed by atoms with Crippen molar-refractivity contribution in [3.05, 3.63) is 42.0 Å². The molecule has 4 heteroatoms. The summed E-state index contributed by atoms with van der Waals surface area (Å²) in [6.07, 6.45) is 0.879. The Morgan fingerprint density at radius 1 is 1.10 bits per heavy atom. The van der Waals surface area contributed by atoms with Gasteiger partial charge in [-0.1, -0.05) is 24.3 Å². The van der Waals surface area contributed by atoms with Crippen LogP contribution in [-0.4, -0.2) is 40.2 Å². The first kappa shape index (κ1) is 12.9. The Hall–Kier alpha value is -2.07. The van der Waals surface area contributed by atoms with E-state index in [1.165, 1.54) is 0 Å². The highest BCUT2D eigenvalue weighted by Gasteiger charge is 2.24. The predicted octanol–water partition coefficient (Wildman–Crippen LogP) is 2.14. The lowest BCUT2D eigenvalue weighted by atomic mass is 10.0. The Morgan fingerprint density at radius 2 is 1.70 bits per heavy atom. The summed E-state index contributed by atoms with van der Waals surface area (Å²) in [7, 11) is 0. The number of rotatable bonds is 1. The first-order valence-electron chi connectivity index (χ1n) is 6.84. The van der Waals surface area contributed by atoms with Crippen LogP contribution in [0, 0.1) is 0 Å². The number of aromatic hydroxyl groups is 1. The number of aliphatic hydroxyl groups is 1. The van der Waals surface area contributed by atoms with E-state index >= 15 is 0 Å². The fraction of sp³-hybridized carbons (Fsp3) is 0.312. The standard InChI is InChI=1S/C16H17NO3/c18-13-5-7-17(8-6-13)16(20)14-9-11-3-1-2-4-12(11)10-15(14)19/h1-4,9-10,13,18-19H,5-8H2. The maximum Gasteiger partial charge on any atom is 0.257 e. The molecule has 0 unspecified atom stereocenters. The van der Waals surface area contributed by atoms with Crippen molar-refractivity contribution in [2.45, 2.75) is 18.9 Å². The molecule has 4 nitrogen and oxygen atoms in total. The van der Waals surface area contributed by atoms with Gasteiger partial charge in [0.15, 0.2) is 0 Å². The topological polar surface area (TPSA) is 60.8 Å². The summed E-state index contributed by atoms with van der Waals surface area (Å²) in [6.45, 7) is 1.07. The van der Waals surface area contributed by atoms with E-state index < -0.39 is 0 Å². The van der Waals surface area contributed by atoms with Crippen LogP contribution in [0.15, 0.2) is 36.4 Å². The molecule has 0 aliphatic carbocycles. The number of phenolic OH excluding ortho intramolecular Hbond substituents is 1. The number of likely N-dealkylation sites (tertiary alicyclic amines) is 1. The Morgan fingerprint density at radius 3 is 2.35 bits per heavy atom. The van der Waals surface area contributed by atoms with Gasteiger partial charge in [0, 0.05) is 13.1 Å². The van der Waals surface area contributed by atoms with E-state index in [0.29, 0.717) is 31.5 Å². The second-order valence-corrected chi connectivity index (χ2v) is 5.24. The van der Waals surface area contributed by atoms with Crippen molar-refractivity contribution in [1.82, 2.24) is 4.90 Å². The molecular weight excluding hydrogens is 254 g/mol. The van der Waals surface area contributed by atoms with Crippen LogP contribution in [0.5, 0.6) is 5.75 Å². The molecule has 2 aromatic carbocycles. The summed E-state index contributed by atoms with van der Waals surface area (Å²) < 4.78 is 0. The van der Waals surface area contributed by atoms with Gasteiger partial charge in [0.2, 0.25) is 0 Å². The van der Waals surface area contributed by atoms with Crippen LogP contribution in [-0.2, 0) is 0 Å². The van der Waals surface area contributed by atoms with Crippen molar-refractivity contribution >= 4 is 16.7 Å². The number of nitrogens with zero attached hydrogens (tertiary/aromatic N) is 1. The summed E-state index contributed by atoms with van der Waals surface area (Å²) in [6, 6.07) is 11.0. The van der Waals surface area contributed by atoms with E-state index in [-0.39, 0.29) is 17.8 Å². The number of benzene rings is 2. The molecule has 1 amide bonds. The number of hydrogen-bond acceptors (Lipinski definition) is 3. The molecule has 1 aliphatic rings. The van der Waals surface area contributed by atoms with Crippen LogP contribution >= 0.6 is 0 Å². The highest BCUT2D eigenvalue weighted by molar-refractivity contribution is 6.01. The highest BCUT2D eigenvalue weighted by Crippen LogP contribution is 2.27. The van der Waals surface area contributed by atoms with Crippen LogP contribution in [0.1, 0.15) is 23.2 Å². The molecule has 0 spiro atoms. The highest BCUT2D eigenvalue weighted by atomic mass is 16.3. The maximum atomic E-state index is 12.5. The van der Waals surface area contributed by atoms with E-state index in [2.05, 4.69) is 0 Å². The van der Waals surface area contributed by atoms with Crippen molar-refractivity contribution in [3.63, 3.8) is 0 Å². The molecular formula is C16H17NO3. The zero-order valence-corrected chi connectivity index (χ0v) is 11.1. The minimum Gasteiger partial charge on any atom is -0.507 e. The normalized spacial score (nSPS) is 16.6. The fourth-order valence-electron chi connectivity index (χ4n) is 2.64. The number of carbonyl (C=O) groups is 1. The minimum atomic E-state index is -0.316. The molecule has 1 saturated heterocycles. The van der Waals surface area contributed by atoms with Gasteiger partial charge in [-0.3, -0.25) is 4.79 Å². The molecule has 1 heterocycles. The average molecular weight is 271 g/mol. The quantitative estimate of drug-likeness (QED) is 0.835. The molecule has 104 valence electrons. The summed E-state index contributed by atoms with van der Waals surface area (Å²) in [5, 5.41) is 21.4. The lowest BCUT2D eigenvalue weighted by Gasteiger charge is -2.29. The third-order valence-electron chi connectivity index (χ3n) is 3.85. The van der Waals surface area contributed by atoms with Gasteiger partial charge < -0.3 is 15.1 Å². The maximum absolute atomic E-state index is 12.5. The van der Waals surface area contributed by atoms with Crippen LogP contribution in [0.25, 0.3) is 10.8 Å². The molecule has 0 aromatic heterocycles. The van der Waals surface area contributed by atoms with Gasteiger partial charge in [-0.05, 0) is 35.7 Å². The molecule has 0 saturated carbocycles. The minimum absolute atomic E-state index is 0.0137. The van der Waals surface area contributed by atoms with Gasteiger partial charge in [0.1, 0.15) is 5.75 Å². The number of amides is 1. The zero-order chi connectivity index (χ0) is 14.1. The number of piperidine rings is 1. The number of hydrogen-bond donors (Lipinski definition) is 2. The number of carbonyl (C=O) groups excluding carboxylic acids is 1. The van der Waals surface area contributed by atoms with Crippen molar-refractivity contribution in [3.8, 4) is 5.75 Å². The lowest BCUT2D eigenvalue weighted by Crippen LogP contribution is -2.40. The Bertz CT molecular complexity index is 645.